The number of halogens is 3. The summed E-state index contributed by atoms with van der Waals surface area (Å²) in [6, 6.07) is 3.89. The van der Waals surface area contributed by atoms with Gasteiger partial charge in [0.05, 0.1) is 24.3 Å². The van der Waals surface area contributed by atoms with Gasteiger partial charge in [-0.05, 0) is 30.8 Å². The third-order valence-corrected chi connectivity index (χ3v) is 3.10. The molecule has 0 heterocycles. The number of alkyl halides is 3. The first kappa shape index (κ1) is 19.5. The molecule has 1 aromatic rings. The Morgan fingerprint density at radius 1 is 1.42 bits per heavy atom. The van der Waals surface area contributed by atoms with Gasteiger partial charge >= 0.3 is 12.1 Å². The second-order valence-electron chi connectivity index (χ2n) is 4.97. The van der Waals surface area contributed by atoms with Crippen molar-refractivity contribution in [2.24, 2.45) is 10.9 Å². The highest BCUT2D eigenvalue weighted by Gasteiger charge is 2.34. The first-order chi connectivity index (χ1) is 11.1. The minimum Gasteiger partial charge on any atom is -0.495 e. The molecule has 24 heavy (non-hydrogen) atoms. The fourth-order valence-electron chi connectivity index (χ4n) is 1.63. The molecule has 2 N–H and O–H groups in total. The molecular formula is C15H17F3N2O4. The summed E-state index contributed by atoms with van der Waals surface area (Å²) >= 11 is 0. The second-order valence-corrected chi connectivity index (χ2v) is 4.97. The van der Waals surface area contributed by atoms with Crippen LogP contribution >= 0.6 is 0 Å². The molecule has 0 aliphatic carbocycles. The SMILES string of the molecule is COc1cc(C(=O)O)ccc1NC(=O)CN=CCC(C)C(F)(F)F. The Balaban J connectivity index is 2.61. The maximum atomic E-state index is 12.3. The van der Waals surface area contributed by atoms with Crippen molar-refractivity contribution in [1.29, 1.82) is 0 Å². The number of hydrogen-bond acceptors (Lipinski definition) is 4. The first-order valence-electron chi connectivity index (χ1n) is 6.91. The van der Waals surface area contributed by atoms with Crippen molar-refractivity contribution in [2.75, 3.05) is 19.0 Å². The highest BCUT2D eigenvalue weighted by molar-refractivity contribution is 5.96. The number of aliphatic imine (C=N–C) groups is 1. The van der Waals surface area contributed by atoms with Crippen LogP contribution in [-0.2, 0) is 4.79 Å². The standard InChI is InChI=1S/C15H17F3N2O4/c1-9(15(16,17)18)5-6-19-8-13(21)20-11-4-3-10(14(22)23)7-12(11)24-2/h3-4,6-7,9H,5,8H2,1-2H3,(H,20,21)(H,22,23). The second kappa shape index (κ2) is 8.32. The lowest BCUT2D eigenvalue weighted by Gasteiger charge is -2.12. The van der Waals surface area contributed by atoms with Crippen molar-refractivity contribution in [1.82, 2.24) is 0 Å². The van der Waals surface area contributed by atoms with E-state index in [1.165, 1.54) is 25.3 Å². The number of carbonyl (C=O) groups excluding carboxylic acids is 1. The number of carbonyl (C=O) groups is 2. The molecule has 132 valence electrons. The number of anilines is 1. The molecule has 6 nitrogen and oxygen atoms in total. The lowest BCUT2D eigenvalue weighted by atomic mass is 10.1. The van der Waals surface area contributed by atoms with Gasteiger partial charge in [0.15, 0.2) is 0 Å². The number of aromatic carboxylic acids is 1. The highest BCUT2D eigenvalue weighted by Crippen LogP contribution is 2.27. The highest BCUT2D eigenvalue weighted by atomic mass is 19.4. The van der Waals surface area contributed by atoms with Crippen LogP contribution in [0.5, 0.6) is 5.75 Å². The summed E-state index contributed by atoms with van der Waals surface area (Å²) in [6.45, 7) is 0.676. The summed E-state index contributed by atoms with van der Waals surface area (Å²) in [5.41, 5.74) is 0.232. The molecule has 9 heteroatoms. The molecule has 1 amide bonds. The molecule has 1 rings (SSSR count). The maximum absolute atomic E-state index is 12.3. The Hall–Kier alpha value is -2.58. The normalized spacial score (nSPS) is 12.9. The fourth-order valence-corrected chi connectivity index (χ4v) is 1.63. The van der Waals surface area contributed by atoms with Gasteiger partial charge in [-0.2, -0.15) is 13.2 Å². The van der Waals surface area contributed by atoms with E-state index >= 15 is 0 Å². The van der Waals surface area contributed by atoms with Crippen LogP contribution in [0.3, 0.4) is 0 Å². The molecule has 0 aliphatic rings. The van der Waals surface area contributed by atoms with Crippen LogP contribution < -0.4 is 10.1 Å². The smallest absolute Gasteiger partial charge is 0.391 e. The van der Waals surface area contributed by atoms with E-state index in [0.717, 1.165) is 13.1 Å². The summed E-state index contributed by atoms with van der Waals surface area (Å²) in [5, 5.41) is 11.3. The molecule has 0 spiro atoms. The van der Waals surface area contributed by atoms with Crippen LogP contribution in [0.4, 0.5) is 18.9 Å². The lowest BCUT2D eigenvalue weighted by molar-refractivity contribution is -0.167. The third-order valence-electron chi connectivity index (χ3n) is 3.10. The van der Waals surface area contributed by atoms with E-state index in [0.29, 0.717) is 0 Å². The summed E-state index contributed by atoms with van der Waals surface area (Å²) in [4.78, 5) is 26.2. The minimum absolute atomic E-state index is 0.0102. The van der Waals surface area contributed by atoms with Gasteiger partial charge in [0.2, 0.25) is 5.91 Å². The molecule has 1 atom stereocenters. The van der Waals surface area contributed by atoms with Crippen LogP contribution in [0, 0.1) is 5.92 Å². The number of carboxylic acid groups (broad SMARTS) is 1. The van der Waals surface area contributed by atoms with E-state index in [2.05, 4.69) is 10.3 Å². The number of nitrogens with one attached hydrogen (secondary N) is 1. The molecule has 0 saturated heterocycles. The van der Waals surface area contributed by atoms with Gasteiger partial charge in [-0.25, -0.2) is 4.79 Å². The Morgan fingerprint density at radius 2 is 2.08 bits per heavy atom. The van der Waals surface area contributed by atoms with Crippen molar-refractivity contribution in [3.05, 3.63) is 23.8 Å². The average Bonchev–Trinajstić information content (AvgIpc) is 2.50. The number of ether oxygens (including phenoxy) is 1. The Kier molecular flexibility index (Phi) is 6.75. The van der Waals surface area contributed by atoms with E-state index in [1.54, 1.807) is 0 Å². The summed E-state index contributed by atoms with van der Waals surface area (Å²) < 4.78 is 41.9. The molecule has 1 unspecified atom stereocenters. The molecule has 0 radical (unpaired) electrons. The molecule has 0 bridgehead atoms. The number of nitrogens with zero attached hydrogens (tertiary/aromatic N) is 1. The Labute approximate surface area is 136 Å². The third kappa shape index (κ3) is 5.90. The quantitative estimate of drug-likeness (QED) is 0.743. The van der Waals surface area contributed by atoms with Crippen LogP contribution in [-0.4, -0.2) is 43.0 Å². The number of amides is 1. The maximum Gasteiger partial charge on any atom is 0.391 e. The van der Waals surface area contributed by atoms with E-state index in [4.69, 9.17) is 9.84 Å². The van der Waals surface area contributed by atoms with E-state index < -0.39 is 24.0 Å². The molecule has 0 fully saturated rings. The van der Waals surface area contributed by atoms with Crippen molar-refractivity contribution < 1.29 is 32.6 Å². The van der Waals surface area contributed by atoms with Gasteiger partial charge < -0.3 is 15.2 Å². The summed E-state index contributed by atoms with van der Waals surface area (Å²) in [6.07, 6.45) is -3.55. The van der Waals surface area contributed by atoms with Crippen LogP contribution in [0.25, 0.3) is 0 Å². The Morgan fingerprint density at radius 3 is 2.62 bits per heavy atom. The largest absolute Gasteiger partial charge is 0.495 e. The fraction of sp³-hybridized carbons (Fsp3) is 0.400. The minimum atomic E-state index is -4.30. The van der Waals surface area contributed by atoms with Crippen LogP contribution in [0.2, 0.25) is 0 Å². The van der Waals surface area contributed by atoms with Crippen molar-refractivity contribution >= 4 is 23.8 Å². The Bertz CT molecular complexity index is 630. The zero-order valence-electron chi connectivity index (χ0n) is 13.1. The van der Waals surface area contributed by atoms with Gasteiger partial charge in [0.25, 0.3) is 0 Å². The number of hydrogen-bond donors (Lipinski definition) is 2. The van der Waals surface area contributed by atoms with Gasteiger partial charge in [0.1, 0.15) is 12.3 Å². The number of benzene rings is 1. The van der Waals surface area contributed by atoms with Gasteiger partial charge in [-0.1, -0.05) is 6.92 Å². The summed E-state index contributed by atoms with van der Waals surface area (Å²) in [5.74, 6) is -3.09. The molecular weight excluding hydrogens is 329 g/mol. The van der Waals surface area contributed by atoms with E-state index in [1.807, 2.05) is 0 Å². The van der Waals surface area contributed by atoms with Gasteiger partial charge in [-0.3, -0.25) is 9.79 Å². The van der Waals surface area contributed by atoms with Crippen molar-refractivity contribution in [2.45, 2.75) is 19.5 Å². The number of carboxylic acids is 1. The van der Waals surface area contributed by atoms with Crippen LogP contribution in [0.15, 0.2) is 23.2 Å². The number of rotatable bonds is 7. The van der Waals surface area contributed by atoms with Gasteiger partial charge in [-0.15, -0.1) is 0 Å². The molecule has 1 aromatic carbocycles. The monoisotopic (exact) mass is 346 g/mol. The first-order valence-corrected chi connectivity index (χ1v) is 6.91. The zero-order valence-corrected chi connectivity index (χ0v) is 13.1. The van der Waals surface area contributed by atoms with Crippen molar-refractivity contribution in [3.63, 3.8) is 0 Å². The van der Waals surface area contributed by atoms with Crippen LogP contribution in [0.1, 0.15) is 23.7 Å². The average molecular weight is 346 g/mol. The molecule has 0 aliphatic heterocycles. The molecule has 0 aromatic heterocycles. The van der Waals surface area contributed by atoms with Crippen molar-refractivity contribution in [3.8, 4) is 5.75 Å². The predicted molar refractivity (Wildman–Crippen MR) is 81.8 cm³/mol. The predicted octanol–water partition coefficient (Wildman–Crippen LogP) is 2.99. The van der Waals surface area contributed by atoms with Gasteiger partial charge in [0, 0.05) is 0 Å². The number of methoxy groups -OCH3 is 1. The molecule has 0 saturated carbocycles. The summed E-state index contributed by atoms with van der Waals surface area (Å²) in [7, 11) is 1.31. The zero-order chi connectivity index (χ0) is 18.3. The topological polar surface area (TPSA) is 88.0 Å². The lowest BCUT2D eigenvalue weighted by Crippen LogP contribution is -2.20. The van der Waals surface area contributed by atoms with E-state index in [-0.39, 0.29) is 30.0 Å². The van der Waals surface area contributed by atoms with E-state index in [9.17, 15) is 22.8 Å².